The minimum Gasteiger partial charge on any atom is -0.457 e. The average molecular weight is 249 g/mol. The topological polar surface area (TPSA) is 46.6 Å². The van der Waals surface area contributed by atoms with Gasteiger partial charge >= 0.3 is 0 Å². The molecule has 3 aliphatic heterocycles. The van der Waals surface area contributed by atoms with Crippen LogP contribution in [0, 0.1) is 0 Å². The summed E-state index contributed by atoms with van der Waals surface area (Å²) < 4.78 is 5.01. The van der Waals surface area contributed by atoms with Crippen molar-refractivity contribution in [2.75, 3.05) is 12.3 Å². The molecule has 1 aromatic carbocycles. The number of carbonyl (C=O) groups excluding carboxylic acids is 2. The number of nitrogens with zero attached hydrogens (tertiary/aromatic N) is 1. The van der Waals surface area contributed by atoms with E-state index >= 15 is 0 Å². The summed E-state index contributed by atoms with van der Waals surface area (Å²) in [6.07, 6.45) is 1.54. The maximum absolute atomic E-state index is 10.8. The molecule has 4 rings (SSSR count). The van der Waals surface area contributed by atoms with E-state index in [4.69, 9.17) is 4.74 Å². The highest BCUT2D eigenvalue weighted by Crippen LogP contribution is 2.32. The minimum atomic E-state index is -0.162. The third kappa shape index (κ3) is 2.68. The third-order valence-electron chi connectivity index (χ3n) is 2.19. The van der Waals surface area contributed by atoms with Gasteiger partial charge in [0, 0.05) is 12.6 Å². The lowest BCUT2D eigenvalue weighted by atomic mass is 10.2. The second-order valence-corrected chi connectivity index (χ2v) is 4.35. The number of rotatable bonds is 2. The Labute approximate surface area is 103 Å². The lowest BCUT2D eigenvalue weighted by Gasteiger charge is -2.13. The van der Waals surface area contributed by atoms with Crippen LogP contribution in [0.5, 0.6) is 11.5 Å². The fraction of sp³-hybridized carbons (Fsp3) is 0.167. The van der Waals surface area contributed by atoms with Crippen LogP contribution in [0.15, 0.2) is 36.9 Å². The lowest BCUT2D eigenvalue weighted by molar-refractivity contribution is -0.124. The van der Waals surface area contributed by atoms with E-state index in [-0.39, 0.29) is 16.9 Å². The van der Waals surface area contributed by atoms with Crippen LogP contribution < -0.4 is 4.74 Å². The molecule has 0 radical (unpaired) electrons. The van der Waals surface area contributed by atoms with E-state index in [1.807, 2.05) is 24.3 Å². The summed E-state index contributed by atoms with van der Waals surface area (Å²) >= 11 is 1.04. The molecular formula is C12H11NO3S. The Kier molecular flexibility index (Phi) is 3.49. The zero-order valence-corrected chi connectivity index (χ0v) is 9.90. The van der Waals surface area contributed by atoms with Crippen molar-refractivity contribution < 1.29 is 14.3 Å². The normalized spacial score (nSPS) is 15.6. The molecule has 0 unspecified atom stereocenters. The molecule has 88 valence electrons. The van der Waals surface area contributed by atoms with Crippen molar-refractivity contribution in [3.63, 3.8) is 0 Å². The SMILES string of the molecule is C=CCN1C(=O)CSC1=O.c1cc2cc(c1)O2. The number of hydrogen-bond acceptors (Lipinski definition) is 4. The first-order valence-electron chi connectivity index (χ1n) is 5.06. The van der Waals surface area contributed by atoms with E-state index in [2.05, 4.69) is 6.58 Å². The number of fused-ring (bicyclic) bond motifs is 2. The number of hydrogen-bond donors (Lipinski definition) is 0. The summed E-state index contributed by atoms with van der Waals surface area (Å²) in [5.41, 5.74) is 0. The number of amides is 2. The van der Waals surface area contributed by atoms with Gasteiger partial charge in [0.05, 0.1) is 5.75 Å². The van der Waals surface area contributed by atoms with Crippen molar-refractivity contribution in [1.82, 2.24) is 4.90 Å². The minimum absolute atomic E-state index is 0.116. The van der Waals surface area contributed by atoms with Crippen molar-refractivity contribution >= 4 is 22.9 Å². The van der Waals surface area contributed by atoms with E-state index < -0.39 is 0 Å². The maximum Gasteiger partial charge on any atom is 0.289 e. The quantitative estimate of drug-likeness (QED) is 0.768. The van der Waals surface area contributed by atoms with Crippen LogP contribution in [0.3, 0.4) is 0 Å². The van der Waals surface area contributed by atoms with Crippen molar-refractivity contribution in [3.8, 4) is 11.5 Å². The highest BCUT2D eigenvalue weighted by Gasteiger charge is 2.28. The Morgan fingerprint density at radius 2 is 2.06 bits per heavy atom. The fourth-order valence-electron chi connectivity index (χ4n) is 1.37. The molecule has 0 aromatic heterocycles. The molecular weight excluding hydrogens is 238 g/mol. The maximum atomic E-state index is 10.8. The number of ether oxygens (including phenoxy) is 1. The average Bonchev–Trinajstić information content (AvgIpc) is 2.62. The first-order valence-corrected chi connectivity index (χ1v) is 6.05. The van der Waals surface area contributed by atoms with Gasteiger partial charge in [-0.2, -0.15) is 0 Å². The fourth-order valence-corrected chi connectivity index (χ4v) is 2.10. The molecule has 0 aliphatic carbocycles. The van der Waals surface area contributed by atoms with Gasteiger partial charge in [-0.15, -0.1) is 6.58 Å². The summed E-state index contributed by atoms with van der Waals surface area (Å²) in [7, 11) is 0. The van der Waals surface area contributed by atoms with E-state index in [0.717, 1.165) is 23.3 Å². The van der Waals surface area contributed by atoms with Crippen LogP contribution in [0.1, 0.15) is 0 Å². The summed E-state index contributed by atoms with van der Waals surface area (Å²) in [5, 5.41) is -0.162. The van der Waals surface area contributed by atoms with Gasteiger partial charge in [0.2, 0.25) is 5.91 Å². The Morgan fingerprint density at radius 1 is 1.41 bits per heavy atom. The van der Waals surface area contributed by atoms with Crippen molar-refractivity contribution in [2.24, 2.45) is 0 Å². The Hall–Kier alpha value is -1.75. The summed E-state index contributed by atoms with van der Waals surface area (Å²) in [4.78, 5) is 22.8. The van der Waals surface area contributed by atoms with E-state index in [1.54, 1.807) is 6.08 Å². The van der Waals surface area contributed by atoms with Gasteiger partial charge in [-0.05, 0) is 12.1 Å². The largest absolute Gasteiger partial charge is 0.457 e. The van der Waals surface area contributed by atoms with Gasteiger partial charge in [-0.1, -0.05) is 23.9 Å². The molecule has 0 saturated carbocycles. The van der Waals surface area contributed by atoms with Gasteiger partial charge in [-0.3, -0.25) is 14.5 Å². The van der Waals surface area contributed by atoms with Crippen LogP contribution >= 0.6 is 11.8 Å². The third-order valence-corrected chi connectivity index (χ3v) is 3.05. The molecule has 1 saturated heterocycles. The van der Waals surface area contributed by atoms with Gasteiger partial charge in [0.1, 0.15) is 11.5 Å². The molecule has 0 spiro atoms. The van der Waals surface area contributed by atoms with Crippen molar-refractivity contribution in [1.29, 1.82) is 0 Å². The Morgan fingerprint density at radius 3 is 2.35 bits per heavy atom. The van der Waals surface area contributed by atoms with E-state index in [9.17, 15) is 9.59 Å². The summed E-state index contributed by atoms with van der Waals surface area (Å²) in [6.45, 7) is 3.78. The highest BCUT2D eigenvalue weighted by atomic mass is 32.2. The predicted octanol–water partition coefficient (Wildman–Crippen LogP) is 2.66. The number of benzene rings is 1. The lowest BCUT2D eigenvalue weighted by Crippen LogP contribution is -2.28. The summed E-state index contributed by atoms with van der Waals surface area (Å²) in [5.74, 6) is 2.14. The first kappa shape index (κ1) is 11.7. The van der Waals surface area contributed by atoms with Gasteiger partial charge < -0.3 is 4.74 Å². The molecule has 1 fully saturated rings. The molecule has 2 amide bonds. The molecule has 5 heteroatoms. The number of thioether (sulfide) groups is 1. The zero-order valence-electron chi connectivity index (χ0n) is 9.09. The van der Waals surface area contributed by atoms with Crippen LogP contribution in [-0.4, -0.2) is 28.3 Å². The second-order valence-electron chi connectivity index (χ2n) is 3.42. The predicted molar refractivity (Wildman–Crippen MR) is 66.3 cm³/mol. The van der Waals surface area contributed by atoms with E-state index in [0.29, 0.717) is 6.54 Å². The van der Waals surface area contributed by atoms with Crippen LogP contribution in [0.2, 0.25) is 0 Å². The Balaban J connectivity index is 0.000000134. The van der Waals surface area contributed by atoms with E-state index in [1.165, 1.54) is 4.90 Å². The van der Waals surface area contributed by atoms with Gasteiger partial charge in [-0.25, -0.2) is 0 Å². The molecule has 0 N–H and O–H groups in total. The van der Waals surface area contributed by atoms with Crippen LogP contribution in [0.4, 0.5) is 4.79 Å². The zero-order chi connectivity index (χ0) is 12.3. The molecule has 4 nitrogen and oxygen atoms in total. The molecule has 17 heavy (non-hydrogen) atoms. The number of carbonyl (C=O) groups is 2. The van der Waals surface area contributed by atoms with Crippen LogP contribution in [0.25, 0.3) is 0 Å². The highest BCUT2D eigenvalue weighted by molar-refractivity contribution is 8.14. The van der Waals surface area contributed by atoms with Crippen molar-refractivity contribution in [3.05, 3.63) is 36.9 Å². The molecule has 1 aromatic rings. The van der Waals surface area contributed by atoms with Crippen molar-refractivity contribution in [2.45, 2.75) is 0 Å². The number of imide groups is 1. The monoisotopic (exact) mass is 249 g/mol. The molecule has 0 atom stereocenters. The molecule has 2 bridgehead atoms. The van der Waals surface area contributed by atoms with Crippen LogP contribution in [-0.2, 0) is 4.79 Å². The first-order chi connectivity index (χ1) is 8.20. The standard InChI is InChI=1S/C6H7NO2S.C6H4O/c1-2-3-7-5(8)4-10-6(7)9;1-2-5-4-6(3-1)7-5/h2H,1,3-4H2;1-4H. The Bertz CT molecular complexity index is 432. The molecule has 3 heterocycles. The molecule has 3 aliphatic rings. The van der Waals surface area contributed by atoms with Gasteiger partial charge in [0.25, 0.3) is 5.24 Å². The van der Waals surface area contributed by atoms with Gasteiger partial charge in [0.15, 0.2) is 0 Å². The summed E-state index contributed by atoms with van der Waals surface area (Å²) in [6, 6.07) is 7.86. The second kappa shape index (κ2) is 5.05. The smallest absolute Gasteiger partial charge is 0.289 e.